The van der Waals surface area contributed by atoms with E-state index < -0.39 is 29.6 Å². The van der Waals surface area contributed by atoms with Gasteiger partial charge >= 0.3 is 0 Å². The monoisotopic (exact) mass is 545 g/mol. The molecule has 3 amide bonds. The number of carbonyl (C=O) groups is 3. The zero-order valence-corrected chi connectivity index (χ0v) is 23.2. The lowest BCUT2D eigenvalue weighted by atomic mass is 9.74. The average Bonchev–Trinajstić information content (AvgIpc) is 3.58. The van der Waals surface area contributed by atoms with E-state index >= 15 is 0 Å². The zero-order valence-electron chi connectivity index (χ0n) is 22.4. The summed E-state index contributed by atoms with van der Waals surface area (Å²) in [5, 5.41) is 6.26. The van der Waals surface area contributed by atoms with Crippen LogP contribution in [0.2, 0.25) is 0 Å². The van der Waals surface area contributed by atoms with Crippen molar-refractivity contribution in [1.29, 1.82) is 0 Å². The van der Waals surface area contributed by atoms with E-state index in [0.29, 0.717) is 5.69 Å². The van der Waals surface area contributed by atoms with Crippen LogP contribution in [0.5, 0.6) is 0 Å². The summed E-state index contributed by atoms with van der Waals surface area (Å²) in [4.78, 5) is 44.5. The lowest BCUT2D eigenvalue weighted by Crippen LogP contribution is -2.56. The van der Waals surface area contributed by atoms with Crippen molar-refractivity contribution in [1.82, 2.24) is 10.2 Å². The molecule has 3 heterocycles. The summed E-state index contributed by atoms with van der Waals surface area (Å²) in [5.74, 6) is -2.13. The highest BCUT2D eigenvalue weighted by atomic mass is 32.2. The molecule has 0 aromatic heterocycles. The first-order chi connectivity index (χ1) is 18.9. The molecule has 4 aliphatic rings. The van der Waals surface area contributed by atoms with Crippen LogP contribution in [0.1, 0.15) is 43.2 Å². The third-order valence-corrected chi connectivity index (χ3v) is 9.41. The van der Waals surface area contributed by atoms with E-state index in [9.17, 15) is 14.4 Å². The zero-order chi connectivity index (χ0) is 27.1. The summed E-state index contributed by atoms with van der Waals surface area (Å²) >= 11 is 1.60. The standard InChI is InChI=1S/C31H35N3O4S/c1-19-11-13-20(14-12-19)18-34-27(29(36)32-21-7-4-3-5-8-21)31-16-15-24(38-31)25(26(31)30(34)37)28(35)33-22-9-6-10-23(17-22)39-2/h6,9-17,21,24-27H,3-5,7-8,18H2,1-2H3,(H,32,36)(H,33,35)/t24-,25?,26-,27?,31?/m0/s1. The lowest BCUT2D eigenvalue weighted by molar-refractivity contribution is -0.142. The molecular weight excluding hydrogens is 510 g/mol. The third-order valence-electron chi connectivity index (χ3n) is 8.69. The number of fused-ring (bicyclic) bond motifs is 1. The van der Waals surface area contributed by atoms with Gasteiger partial charge in [-0.2, -0.15) is 0 Å². The highest BCUT2D eigenvalue weighted by Crippen LogP contribution is 2.55. The van der Waals surface area contributed by atoms with Gasteiger partial charge in [0.2, 0.25) is 17.7 Å². The number of thioether (sulfide) groups is 1. The van der Waals surface area contributed by atoms with Gasteiger partial charge in [-0.15, -0.1) is 11.8 Å². The minimum Gasteiger partial charge on any atom is -0.359 e. The molecule has 8 heteroatoms. The number of aryl methyl sites for hydroxylation is 1. The predicted molar refractivity (Wildman–Crippen MR) is 151 cm³/mol. The van der Waals surface area contributed by atoms with Gasteiger partial charge in [0.25, 0.3) is 0 Å². The van der Waals surface area contributed by atoms with Crippen molar-refractivity contribution in [3.05, 3.63) is 71.8 Å². The first-order valence-corrected chi connectivity index (χ1v) is 15.1. The van der Waals surface area contributed by atoms with Gasteiger partial charge in [-0.25, -0.2) is 0 Å². The molecule has 2 saturated heterocycles. The van der Waals surface area contributed by atoms with Gasteiger partial charge < -0.3 is 20.3 Å². The number of rotatable bonds is 7. The number of anilines is 1. The number of hydrogen-bond acceptors (Lipinski definition) is 5. The van der Waals surface area contributed by atoms with Crippen molar-refractivity contribution in [3.8, 4) is 0 Å². The van der Waals surface area contributed by atoms with Gasteiger partial charge in [0.05, 0.1) is 17.9 Å². The van der Waals surface area contributed by atoms with Crippen LogP contribution in [0.3, 0.4) is 0 Å². The normalized spacial score (nSPS) is 29.5. The van der Waals surface area contributed by atoms with Crippen molar-refractivity contribution < 1.29 is 19.1 Å². The van der Waals surface area contributed by atoms with Crippen LogP contribution in [-0.2, 0) is 25.7 Å². The minimum atomic E-state index is -1.16. The molecule has 1 spiro atoms. The molecule has 7 nitrogen and oxygen atoms in total. The molecule has 2 aromatic rings. The number of amides is 3. The summed E-state index contributed by atoms with van der Waals surface area (Å²) in [6, 6.07) is 14.9. The number of nitrogens with zero attached hydrogens (tertiary/aromatic N) is 1. The van der Waals surface area contributed by atoms with E-state index in [0.717, 1.165) is 41.7 Å². The van der Waals surface area contributed by atoms with E-state index in [1.807, 2.05) is 73.9 Å². The summed E-state index contributed by atoms with van der Waals surface area (Å²) in [5.41, 5.74) is 1.59. The molecule has 5 atom stereocenters. The largest absolute Gasteiger partial charge is 0.359 e. The van der Waals surface area contributed by atoms with Gasteiger partial charge in [0.1, 0.15) is 11.6 Å². The number of likely N-dealkylation sites (tertiary alicyclic amines) is 1. The highest BCUT2D eigenvalue weighted by Gasteiger charge is 2.72. The number of hydrogen-bond donors (Lipinski definition) is 2. The third kappa shape index (κ3) is 4.67. The first-order valence-electron chi connectivity index (χ1n) is 13.9. The van der Waals surface area contributed by atoms with Crippen LogP contribution in [0.15, 0.2) is 65.6 Å². The van der Waals surface area contributed by atoms with E-state index in [-0.39, 0.29) is 30.3 Å². The second-order valence-electron chi connectivity index (χ2n) is 11.2. The Morgan fingerprint density at radius 3 is 2.59 bits per heavy atom. The summed E-state index contributed by atoms with van der Waals surface area (Å²) in [6.07, 6.45) is 10.4. The maximum atomic E-state index is 14.2. The van der Waals surface area contributed by atoms with Crippen LogP contribution in [0.4, 0.5) is 5.69 Å². The number of carbonyl (C=O) groups excluding carboxylic acids is 3. The number of ether oxygens (including phenoxy) is 1. The van der Waals surface area contributed by atoms with E-state index in [1.54, 1.807) is 16.7 Å². The molecule has 3 unspecified atom stereocenters. The first kappa shape index (κ1) is 26.1. The molecule has 1 saturated carbocycles. The van der Waals surface area contributed by atoms with Crippen molar-refractivity contribution in [2.24, 2.45) is 11.8 Å². The van der Waals surface area contributed by atoms with E-state index in [1.165, 1.54) is 6.42 Å². The summed E-state index contributed by atoms with van der Waals surface area (Å²) in [6.45, 7) is 2.30. The number of benzene rings is 2. The van der Waals surface area contributed by atoms with Crippen molar-refractivity contribution in [2.45, 2.75) is 74.3 Å². The Labute approximate surface area is 233 Å². The fraction of sp³-hybridized carbons (Fsp3) is 0.452. The molecule has 0 radical (unpaired) electrons. The Kier molecular flexibility index (Phi) is 7.02. The van der Waals surface area contributed by atoms with Crippen LogP contribution < -0.4 is 10.6 Å². The predicted octanol–water partition coefficient (Wildman–Crippen LogP) is 4.46. The Morgan fingerprint density at radius 2 is 1.85 bits per heavy atom. The SMILES string of the molecule is CSc1cccc(NC(=O)C2[C@@H]3C=CC4(O3)C(C(=O)NC3CCCCC3)N(Cc3ccc(C)cc3)C(=O)[C@H]24)c1. The topological polar surface area (TPSA) is 87.7 Å². The fourth-order valence-electron chi connectivity index (χ4n) is 6.78. The Balaban J connectivity index is 1.32. The Morgan fingerprint density at radius 1 is 1.08 bits per heavy atom. The van der Waals surface area contributed by atoms with Crippen LogP contribution in [0.25, 0.3) is 0 Å². The molecule has 3 aliphatic heterocycles. The van der Waals surface area contributed by atoms with Gasteiger partial charge in [0.15, 0.2) is 0 Å². The number of nitrogens with one attached hydrogen (secondary N) is 2. The second kappa shape index (κ2) is 10.5. The summed E-state index contributed by atoms with van der Waals surface area (Å²) < 4.78 is 6.48. The molecule has 3 fully saturated rings. The van der Waals surface area contributed by atoms with Crippen LogP contribution >= 0.6 is 11.8 Å². The molecule has 6 rings (SSSR count). The molecular formula is C31H35N3O4S. The van der Waals surface area contributed by atoms with Gasteiger partial charge in [-0.3, -0.25) is 14.4 Å². The van der Waals surface area contributed by atoms with E-state index in [4.69, 9.17) is 4.74 Å². The molecule has 1 aliphatic carbocycles. The molecule has 2 bridgehead atoms. The maximum Gasteiger partial charge on any atom is 0.246 e. The molecule has 2 aromatic carbocycles. The average molecular weight is 546 g/mol. The highest BCUT2D eigenvalue weighted by molar-refractivity contribution is 7.98. The minimum absolute atomic E-state index is 0.100. The molecule has 39 heavy (non-hydrogen) atoms. The fourth-order valence-corrected chi connectivity index (χ4v) is 7.24. The second-order valence-corrected chi connectivity index (χ2v) is 12.1. The van der Waals surface area contributed by atoms with Crippen molar-refractivity contribution in [2.75, 3.05) is 11.6 Å². The van der Waals surface area contributed by atoms with Gasteiger partial charge in [0, 0.05) is 23.2 Å². The van der Waals surface area contributed by atoms with Gasteiger partial charge in [-0.05, 0) is 49.8 Å². The van der Waals surface area contributed by atoms with Crippen LogP contribution in [0, 0.1) is 18.8 Å². The maximum absolute atomic E-state index is 14.2. The Hall–Kier alpha value is -3.10. The van der Waals surface area contributed by atoms with Gasteiger partial charge in [-0.1, -0.05) is 67.3 Å². The Bertz CT molecular complexity index is 1310. The summed E-state index contributed by atoms with van der Waals surface area (Å²) in [7, 11) is 0. The quantitative estimate of drug-likeness (QED) is 0.396. The smallest absolute Gasteiger partial charge is 0.246 e. The molecule has 2 N–H and O–H groups in total. The molecule has 204 valence electrons. The lowest BCUT2D eigenvalue weighted by Gasteiger charge is -2.34. The van der Waals surface area contributed by atoms with E-state index in [2.05, 4.69) is 10.6 Å². The van der Waals surface area contributed by atoms with Crippen molar-refractivity contribution >= 4 is 35.2 Å². The van der Waals surface area contributed by atoms with Crippen LogP contribution in [-0.4, -0.2) is 52.7 Å². The van der Waals surface area contributed by atoms with Crippen molar-refractivity contribution in [3.63, 3.8) is 0 Å².